The van der Waals surface area contributed by atoms with Crippen LogP contribution in [0.2, 0.25) is 0 Å². The van der Waals surface area contributed by atoms with Crippen molar-refractivity contribution in [3.63, 3.8) is 0 Å². The second kappa shape index (κ2) is 7.05. The fourth-order valence-corrected chi connectivity index (χ4v) is 3.23. The van der Waals surface area contributed by atoms with Gasteiger partial charge >= 0.3 is 0 Å². The topological polar surface area (TPSA) is 48.0 Å². The monoisotopic (exact) mass is 339 g/mol. The molecule has 0 spiro atoms. The standard InChI is InChI=1S/C20H21NO4/c22-20(15-6-7-18-19(14-15)24-13-12-23-18)21-10-8-17(9-11-21)25-16-4-2-1-3-5-16/h1-7,14,17H,8-13H2. The smallest absolute Gasteiger partial charge is 0.253 e. The molecule has 1 fully saturated rings. The van der Waals surface area contributed by atoms with E-state index in [0.717, 1.165) is 18.6 Å². The average molecular weight is 339 g/mol. The highest BCUT2D eigenvalue weighted by molar-refractivity contribution is 5.95. The molecule has 0 N–H and O–H groups in total. The van der Waals surface area contributed by atoms with Gasteiger partial charge in [-0.15, -0.1) is 0 Å². The van der Waals surface area contributed by atoms with Crippen LogP contribution in [0.5, 0.6) is 17.2 Å². The zero-order valence-electron chi connectivity index (χ0n) is 14.0. The molecule has 130 valence electrons. The zero-order chi connectivity index (χ0) is 17.1. The first-order valence-electron chi connectivity index (χ1n) is 8.70. The molecule has 5 heteroatoms. The highest BCUT2D eigenvalue weighted by Gasteiger charge is 2.25. The number of ether oxygens (including phenoxy) is 3. The van der Waals surface area contributed by atoms with E-state index in [0.29, 0.717) is 43.4 Å². The second-order valence-corrected chi connectivity index (χ2v) is 6.28. The van der Waals surface area contributed by atoms with E-state index < -0.39 is 0 Å². The normalized spacial score (nSPS) is 17.2. The zero-order valence-corrected chi connectivity index (χ0v) is 14.0. The van der Waals surface area contributed by atoms with E-state index in [1.165, 1.54) is 0 Å². The van der Waals surface area contributed by atoms with Crippen molar-refractivity contribution in [1.29, 1.82) is 0 Å². The van der Waals surface area contributed by atoms with Gasteiger partial charge in [-0.05, 0) is 30.3 Å². The Balaban J connectivity index is 1.36. The lowest BCUT2D eigenvalue weighted by Gasteiger charge is -2.32. The summed E-state index contributed by atoms with van der Waals surface area (Å²) in [6, 6.07) is 15.2. The first kappa shape index (κ1) is 15.8. The van der Waals surface area contributed by atoms with E-state index >= 15 is 0 Å². The van der Waals surface area contributed by atoms with Crippen molar-refractivity contribution in [3.05, 3.63) is 54.1 Å². The largest absolute Gasteiger partial charge is 0.490 e. The molecule has 0 saturated carbocycles. The molecule has 2 aliphatic heterocycles. The summed E-state index contributed by atoms with van der Waals surface area (Å²) in [5.41, 5.74) is 0.645. The van der Waals surface area contributed by atoms with E-state index in [-0.39, 0.29) is 12.0 Å². The molecule has 2 aromatic carbocycles. The molecule has 4 rings (SSSR count). The van der Waals surface area contributed by atoms with Crippen LogP contribution in [0, 0.1) is 0 Å². The van der Waals surface area contributed by atoms with Gasteiger partial charge in [0.05, 0.1) is 0 Å². The van der Waals surface area contributed by atoms with Crippen LogP contribution in [0.25, 0.3) is 0 Å². The summed E-state index contributed by atoms with van der Waals surface area (Å²) >= 11 is 0. The van der Waals surface area contributed by atoms with Crippen LogP contribution in [0.3, 0.4) is 0 Å². The minimum absolute atomic E-state index is 0.0372. The van der Waals surface area contributed by atoms with Crippen LogP contribution in [0.1, 0.15) is 23.2 Å². The van der Waals surface area contributed by atoms with Crippen LogP contribution in [0.15, 0.2) is 48.5 Å². The van der Waals surface area contributed by atoms with Crippen LogP contribution in [-0.2, 0) is 0 Å². The van der Waals surface area contributed by atoms with Gasteiger partial charge < -0.3 is 19.1 Å². The molecule has 2 aliphatic rings. The number of para-hydroxylation sites is 1. The van der Waals surface area contributed by atoms with E-state index in [2.05, 4.69) is 0 Å². The van der Waals surface area contributed by atoms with Gasteiger partial charge in [0.25, 0.3) is 5.91 Å². The summed E-state index contributed by atoms with van der Waals surface area (Å²) < 4.78 is 17.1. The Kier molecular flexibility index (Phi) is 4.46. The average Bonchev–Trinajstić information content (AvgIpc) is 2.68. The number of hydrogen-bond donors (Lipinski definition) is 0. The van der Waals surface area contributed by atoms with Gasteiger partial charge in [-0.2, -0.15) is 0 Å². The van der Waals surface area contributed by atoms with Crippen molar-refractivity contribution in [3.8, 4) is 17.2 Å². The maximum atomic E-state index is 12.7. The predicted molar refractivity (Wildman–Crippen MR) is 93.4 cm³/mol. The van der Waals surface area contributed by atoms with Crippen molar-refractivity contribution in [1.82, 2.24) is 4.90 Å². The Hall–Kier alpha value is -2.69. The van der Waals surface area contributed by atoms with Crippen LogP contribution >= 0.6 is 0 Å². The molecule has 0 bridgehead atoms. The lowest BCUT2D eigenvalue weighted by Crippen LogP contribution is -2.41. The van der Waals surface area contributed by atoms with Crippen molar-refractivity contribution in [2.24, 2.45) is 0 Å². The molecule has 0 radical (unpaired) electrons. The number of amides is 1. The number of rotatable bonds is 3. The van der Waals surface area contributed by atoms with E-state index in [1.54, 1.807) is 6.07 Å². The molecule has 1 amide bonds. The number of carbonyl (C=O) groups is 1. The molecule has 1 saturated heterocycles. The summed E-state index contributed by atoms with van der Waals surface area (Å²) in [6.45, 7) is 2.47. The molecule has 2 heterocycles. The predicted octanol–water partition coefficient (Wildman–Crippen LogP) is 3.14. The van der Waals surface area contributed by atoms with Crippen molar-refractivity contribution in [2.45, 2.75) is 18.9 Å². The summed E-state index contributed by atoms with van der Waals surface area (Å²) in [6.07, 6.45) is 1.84. The SMILES string of the molecule is O=C(c1ccc2c(c1)OCCO2)N1CCC(Oc2ccccc2)CC1. The molecule has 5 nitrogen and oxygen atoms in total. The third kappa shape index (κ3) is 3.55. The van der Waals surface area contributed by atoms with Crippen molar-refractivity contribution >= 4 is 5.91 Å². The molecule has 0 atom stereocenters. The van der Waals surface area contributed by atoms with Gasteiger partial charge in [0.1, 0.15) is 25.1 Å². The maximum absolute atomic E-state index is 12.7. The van der Waals surface area contributed by atoms with Gasteiger partial charge in [0.2, 0.25) is 0 Å². The minimum Gasteiger partial charge on any atom is -0.490 e. The minimum atomic E-state index is 0.0372. The number of hydrogen-bond acceptors (Lipinski definition) is 4. The number of fused-ring (bicyclic) bond motifs is 1. The first-order valence-corrected chi connectivity index (χ1v) is 8.70. The van der Waals surface area contributed by atoms with Crippen LogP contribution in [0.4, 0.5) is 0 Å². The van der Waals surface area contributed by atoms with Crippen LogP contribution in [-0.4, -0.2) is 43.2 Å². The first-order chi connectivity index (χ1) is 12.3. The Labute approximate surface area is 147 Å². The summed E-state index contributed by atoms with van der Waals surface area (Å²) in [4.78, 5) is 14.6. The van der Waals surface area contributed by atoms with Gasteiger partial charge in [0.15, 0.2) is 11.5 Å². The van der Waals surface area contributed by atoms with Gasteiger partial charge in [-0.25, -0.2) is 0 Å². The number of piperidine rings is 1. The number of benzene rings is 2. The summed E-state index contributed by atoms with van der Waals surface area (Å²) in [5.74, 6) is 2.28. The van der Waals surface area contributed by atoms with Gasteiger partial charge in [-0.3, -0.25) is 4.79 Å². The Morgan fingerprint density at radius 2 is 1.68 bits per heavy atom. The molecule has 2 aromatic rings. The molecular formula is C20H21NO4. The third-order valence-corrected chi connectivity index (χ3v) is 4.56. The molecule has 0 aromatic heterocycles. The van der Waals surface area contributed by atoms with E-state index in [9.17, 15) is 4.79 Å². The fraction of sp³-hybridized carbons (Fsp3) is 0.350. The van der Waals surface area contributed by atoms with Crippen molar-refractivity contribution in [2.75, 3.05) is 26.3 Å². The molecular weight excluding hydrogens is 318 g/mol. The Morgan fingerprint density at radius 1 is 0.960 bits per heavy atom. The second-order valence-electron chi connectivity index (χ2n) is 6.28. The highest BCUT2D eigenvalue weighted by atomic mass is 16.6. The molecule has 0 aliphatic carbocycles. The number of carbonyl (C=O) groups excluding carboxylic acids is 1. The van der Waals surface area contributed by atoms with E-state index in [1.807, 2.05) is 47.4 Å². The van der Waals surface area contributed by atoms with E-state index in [4.69, 9.17) is 14.2 Å². The third-order valence-electron chi connectivity index (χ3n) is 4.56. The molecule has 0 unspecified atom stereocenters. The number of likely N-dealkylation sites (tertiary alicyclic amines) is 1. The summed E-state index contributed by atoms with van der Waals surface area (Å²) in [5, 5.41) is 0. The maximum Gasteiger partial charge on any atom is 0.253 e. The van der Waals surface area contributed by atoms with Crippen molar-refractivity contribution < 1.29 is 19.0 Å². The Bertz CT molecular complexity index is 739. The summed E-state index contributed by atoms with van der Waals surface area (Å²) in [7, 11) is 0. The molecule has 25 heavy (non-hydrogen) atoms. The Morgan fingerprint density at radius 3 is 2.44 bits per heavy atom. The lowest BCUT2D eigenvalue weighted by molar-refractivity contribution is 0.0594. The fourth-order valence-electron chi connectivity index (χ4n) is 3.23. The highest BCUT2D eigenvalue weighted by Crippen LogP contribution is 2.31. The number of nitrogens with zero attached hydrogens (tertiary/aromatic N) is 1. The van der Waals surface area contributed by atoms with Crippen LogP contribution < -0.4 is 14.2 Å². The lowest BCUT2D eigenvalue weighted by atomic mass is 10.1. The quantitative estimate of drug-likeness (QED) is 0.862. The van der Waals surface area contributed by atoms with Gasteiger partial charge in [0, 0.05) is 31.5 Å². The van der Waals surface area contributed by atoms with Gasteiger partial charge in [-0.1, -0.05) is 18.2 Å².